The molecule has 26 heavy (non-hydrogen) atoms. The first kappa shape index (κ1) is 18.6. The van der Waals surface area contributed by atoms with E-state index < -0.39 is 5.92 Å². The molecule has 0 amide bonds. The summed E-state index contributed by atoms with van der Waals surface area (Å²) in [7, 11) is 0. The Morgan fingerprint density at radius 3 is 2.62 bits per heavy atom. The minimum absolute atomic E-state index is 0.0624. The third-order valence-electron chi connectivity index (χ3n) is 5.28. The van der Waals surface area contributed by atoms with Crippen LogP contribution in [0.5, 0.6) is 0 Å². The van der Waals surface area contributed by atoms with Gasteiger partial charge in [0.1, 0.15) is 17.5 Å². The molecule has 1 aliphatic rings. The number of ketones is 2. The Balaban J connectivity index is 1.81. The van der Waals surface area contributed by atoms with E-state index in [2.05, 4.69) is 44.0 Å². The zero-order chi connectivity index (χ0) is 18.7. The molecule has 1 heterocycles. The number of carbonyl (C=O) groups is 2. The standard InChI is InChI=1S/C22H28N2O2/c1-4-6-19(22-20(25)7-5-8-21(22)26)23-12-11-16-15(3)24-18-10-9-14(2)13-17(16)18/h9-10,13,22,24H,4-8,11-12H2,1-3H3. The van der Waals surface area contributed by atoms with Crippen molar-refractivity contribution in [1.82, 2.24) is 4.98 Å². The number of aromatic amines is 1. The van der Waals surface area contributed by atoms with Crippen LogP contribution in [0.1, 0.15) is 55.8 Å². The first-order chi connectivity index (χ1) is 12.5. The zero-order valence-corrected chi connectivity index (χ0v) is 16.0. The lowest BCUT2D eigenvalue weighted by atomic mass is 9.82. The maximum Gasteiger partial charge on any atom is 0.149 e. The van der Waals surface area contributed by atoms with Gasteiger partial charge in [-0.2, -0.15) is 0 Å². The van der Waals surface area contributed by atoms with Crippen LogP contribution in [0.15, 0.2) is 23.2 Å². The second kappa shape index (κ2) is 7.98. The van der Waals surface area contributed by atoms with Crippen molar-refractivity contribution in [3.8, 4) is 0 Å². The van der Waals surface area contributed by atoms with Crippen LogP contribution < -0.4 is 0 Å². The molecule has 4 heteroatoms. The van der Waals surface area contributed by atoms with E-state index in [1.165, 1.54) is 22.2 Å². The minimum Gasteiger partial charge on any atom is -0.358 e. The van der Waals surface area contributed by atoms with Crippen LogP contribution in [0, 0.1) is 19.8 Å². The van der Waals surface area contributed by atoms with Crippen molar-refractivity contribution >= 4 is 28.2 Å². The first-order valence-corrected chi connectivity index (χ1v) is 9.67. The molecule has 0 saturated heterocycles. The van der Waals surface area contributed by atoms with Gasteiger partial charge in [-0.05, 0) is 50.8 Å². The van der Waals surface area contributed by atoms with E-state index in [0.29, 0.717) is 25.8 Å². The normalized spacial score (nSPS) is 16.7. The molecule has 0 bridgehead atoms. The summed E-state index contributed by atoms with van der Waals surface area (Å²) in [5, 5.41) is 1.25. The van der Waals surface area contributed by atoms with Crippen molar-refractivity contribution in [2.24, 2.45) is 10.9 Å². The van der Waals surface area contributed by atoms with E-state index in [-0.39, 0.29) is 11.6 Å². The van der Waals surface area contributed by atoms with Gasteiger partial charge in [-0.3, -0.25) is 14.6 Å². The molecule has 0 aliphatic heterocycles. The van der Waals surface area contributed by atoms with Gasteiger partial charge in [-0.15, -0.1) is 0 Å². The molecule has 1 aromatic heterocycles. The number of nitrogens with one attached hydrogen (secondary N) is 1. The molecule has 1 fully saturated rings. The first-order valence-electron chi connectivity index (χ1n) is 9.67. The molecule has 0 atom stereocenters. The van der Waals surface area contributed by atoms with E-state index >= 15 is 0 Å². The Morgan fingerprint density at radius 1 is 1.19 bits per heavy atom. The van der Waals surface area contributed by atoms with Gasteiger partial charge >= 0.3 is 0 Å². The smallest absolute Gasteiger partial charge is 0.149 e. The van der Waals surface area contributed by atoms with Crippen molar-refractivity contribution < 1.29 is 9.59 Å². The predicted octanol–water partition coefficient (Wildman–Crippen LogP) is 4.51. The SMILES string of the molecule is CCCC(=NCCc1c(C)[nH]c2ccc(C)cc12)C1C(=O)CCCC1=O. The highest BCUT2D eigenvalue weighted by Gasteiger charge is 2.33. The highest BCUT2D eigenvalue weighted by Crippen LogP contribution is 2.25. The van der Waals surface area contributed by atoms with Crippen LogP contribution >= 0.6 is 0 Å². The summed E-state index contributed by atoms with van der Waals surface area (Å²) in [6.07, 6.45) is 4.17. The number of fused-ring (bicyclic) bond motifs is 1. The largest absolute Gasteiger partial charge is 0.358 e. The Kier molecular flexibility index (Phi) is 5.70. The van der Waals surface area contributed by atoms with Crippen LogP contribution in [0.25, 0.3) is 10.9 Å². The van der Waals surface area contributed by atoms with Crippen LogP contribution in [-0.4, -0.2) is 28.8 Å². The van der Waals surface area contributed by atoms with Gasteiger partial charge in [0, 0.05) is 41.7 Å². The molecular formula is C22H28N2O2. The summed E-state index contributed by atoms with van der Waals surface area (Å²) in [5.74, 6) is -0.449. The quantitative estimate of drug-likeness (QED) is 0.614. The maximum absolute atomic E-state index is 12.3. The lowest BCUT2D eigenvalue weighted by Gasteiger charge is -2.21. The number of aliphatic imine (C=N–C) groups is 1. The fraction of sp³-hybridized carbons (Fsp3) is 0.500. The number of rotatable bonds is 6. The molecule has 0 radical (unpaired) electrons. The van der Waals surface area contributed by atoms with Crippen LogP contribution in [0.2, 0.25) is 0 Å². The van der Waals surface area contributed by atoms with Gasteiger partial charge in [0.2, 0.25) is 0 Å². The molecule has 3 rings (SSSR count). The molecule has 1 aliphatic carbocycles. The number of hydrogen-bond donors (Lipinski definition) is 1. The number of aromatic nitrogens is 1. The van der Waals surface area contributed by atoms with E-state index in [1.807, 2.05) is 0 Å². The molecular weight excluding hydrogens is 324 g/mol. The van der Waals surface area contributed by atoms with Gasteiger partial charge in [0.25, 0.3) is 0 Å². The summed E-state index contributed by atoms with van der Waals surface area (Å²) < 4.78 is 0. The van der Waals surface area contributed by atoms with E-state index in [1.54, 1.807) is 0 Å². The number of hydrogen-bond acceptors (Lipinski definition) is 3. The number of H-pyrrole nitrogens is 1. The van der Waals surface area contributed by atoms with Crippen molar-refractivity contribution in [3.05, 3.63) is 35.0 Å². The van der Waals surface area contributed by atoms with E-state index in [0.717, 1.165) is 30.5 Å². The van der Waals surface area contributed by atoms with E-state index in [9.17, 15) is 9.59 Å². The molecule has 0 spiro atoms. The average Bonchev–Trinajstić information content (AvgIpc) is 2.90. The minimum atomic E-state index is -0.574. The van der Waals surface area contributed by atoms with Gasteiger partial charge < -0.3 is 4.98 Å². The summed E-state index contributed by atoms with van der Waals surface area (Å²) in [6, 6.07) is 6.44. The summed E-state index contributed by atoms with van der Waals surface area (Å²) in [5.41, 5.74) is 5.65. The Bertz CT molecular complexity index is 844. The maximum atomic E-state index is 12.3. The second-order valence-corrected chi connectivity index (χ2v) is 7.37. The molecule has 138 valence electrons. The summed E-state index contributed by atoms with van der Waals surface area (Å²) >= 11 is 0. The highest BCUT2D eigenvalue weighted by atomic mass is 16.2. The van der Waals surface area contributed by atoms with Crippen molar-refractivity contribution in [2.45, 2.75) is 59.3 Å². The van der Waals surface area contributed by atoms with Crippen LogP contribution in [-0.2, 0) is 16.0 Å². The fourth-order valence-corrected chi connectivity index (χ4v) is 3.98. The molecule has 4 nitrogen and oxygen atoms in total. The predicted molar refractivity (Wildman–Crippen MR) is 106 cm³/mol. The van der Waals surface area contributed by atoms with Crippen molar-refractivity contribution in [2.75, 3.05) is 6.54 Å². The Hall–Kier alpha value is -2.23. The molecule has 1 N–H and O–H groups in total. The number of benzene rings is 1. The fourth-order valence-electron chi connectivity index (χ4n) is 3.98. The average molecular weight is 352 g/mol. The lowest BCUT2D eigenvalue weighted by molar-refractivity contribution is -0.132. The molecule has 2 aromatic rings. The van der Waals surface area contributed by atoms with E-state index in [4.69, 9.17) is 4.99 Å². The van der Waals surface area contributed by atoms with Gasteiger partial charge in [-0.1, -0.05) is 25.0 Å². The Labute approximate surface area is 155 Å². The lowest BCUT2D eigenvalue weighted by Crippen LogP contribution is -2.35. The van der Waals surface area contributed by atoms with Gasteiger partial charge in [0.05, 0.1) is 0 Å². The summed E-state index contributed by atoms with van der Waals surface area (Å²) in [4.78, 5) is 32.7. The second-order valence-electron chi connectivity index (χ2n) is 7.37. The van der Waals surface area contributed by atoms with Crippen LogP contribution in [0.4, 0.5) is 0 Å². The zero-order valence-electron chi connectivity index (χ0n) is 16.0. The van der Waals surface area contributed by atoms with Gasteiger partial charge in [0.15, 0.2) is 0 Å². The Morgan fingerprint density at radius 2 is 1.92 bits per heavy atom. The summed E-state index contributed by atoms with van der Waals surface area (Å²) in [6.45, 7) is 6.88. The van der Waals surface area contributed by atoms with Gasteiger partial charge in [-0.25, -0.2) is 0 Å². The number of carbonyl (C=O) groups excluding carboxylic acids is 2. The molecule has 1 aromatic carbocycles. The topological polar surface area (TPSA) is 62.3 Å². The number of Topliss-reactive ketones (excluding diaryl/α,β-unsaturated/α-hetero) is 2. The molecule has 1 saturated carbocycles. The van der Waals surface area contributed by atoms with Crippen molar-refractivity contribution in [1.29, 1.82) is 0 Å². The van der Waals surface area contributed by atoms with Crippen LogP contribution in [0.3, 0.4) is 0 Å². The number of nitrogens with zero attached hydrogens (tertiary/aromatic N) is 1. The third kappa shape index (κ3) is 3.79. The van der Waals surface area contributed by atoms with Crippen molar-refractivity contribution in [3.63, 3.8) is 0 Å². The molecule has 0 unspecified atom stereocenters. The monoisotopic (exact) mass is 352 g/mol. The number of aryl methyl sites for hydroxylation is 2. The third-order valence-corrected chi connectivity index (χ3v) is 5.28. The highest BCUT2D eigenvalue weighted by molar-refractivity contribution is 6.22.